The van der Waals surface area contributed by atoms with E-state index in [-0.39, 0.29) is 5.91 Å². The van der Waals surface area contributed by atoms with E-state index < -0.39 is 0 Å². The van der Waals surface area contributed by atoms with E-state index in [0.717, 1.165) is 22.3 Å². The molecule has 5 heteroatoms. The van der Waals surface area contributed by atoms with Gasteiger partial charge in [-0.05, 0) is 31.2 Å². The lowest BCUT2D eigenvalue weighted by molar-refractivity contribution is -0.119. The Morgan fingerprint density at radius 2 is 2.16 bits per heavy atom. The van der Waals surface area contributed by atoms with E-state index in [1.54, 1.807) is 7.05 Å². The van der Waals surface area contributed by atoms with Gasteiger partial charge >= 0.3 is 0 Å². The summed E-state index contributed by atoms with van der Waals surface area (Å²) in [5, 5.41) is 3.57. The van der Waals surface area contributed by atoms with Crippen molar-refractivity contribution in [2.75, 3.05) is 31.3 Å². The van der Waals surface area contributed by atoms with E-state index in [1.807, 2.05) is 43.1 Å². The zero-order valence-electron chi connectivity index (χ0n) is 11.4. The molecule has 0 aliphatic carbocycles. The number of likely N-dealkylation sites (N-methyl/N-ethyl adjacent to an activating group) is 2. The lowest BCUT2D eigenvalue weighted by Crippen LogP contribution is -2.33. The van der Waals surface area contributed by atoms with Gasteiger partial charge in [-0.25, -0.2) is 0 Å². The molecule has 1 aromatic carbocycles. The molecule has 1 amide bonds. The quantitative estimate of drug-likeness (QED) is 0.814. The minimum atomic E-state index is -0.0333. The van der Waals surface area contributed by atoms with Crippen molar-refractivity contribution < 1.29 is 4.79 Å². The Labute approximate surface area is 112 Å². The Balaban J connectivity index is 2.51. The van der Waals surface area contributed by atoms with Crippen LogP contribution in [0.5, 0.6) is 0 Å². The van der Waals surface area contributed by atoms with Crippen LogP contribution in [0.2, 0.25) is 0 Å². The average Bonchev–Trinajstić information content (AvgIpc) is 2.38. The van der Waals surface area contributed by atoms with Crippen LogP contribution in [0.25, 0.3) is 10.9 Å². The molecule has 2 rings (SSSR count). The lowest BCUT2D eigenvalue weighted by Gasteiger charge is -2.20. The number of rotatable bonds is 3. The maximum absolute atomic E-state index is 11.5. The molecule has 0 spiro atoms. The number of carbonyl (C=O) groups excluding carboxylic acids is 1. The number of carbonyl (C=O) groups is 1. The summed E-state index contributed by atoms with van der Waals surface area (Å²) in [4.78, 5) is 17.9. The molecule has 1 aromatic heterocycles. The fraction of sp³-hybridized carbons (Fsp3) is 0.286. The number of anilines is 2. The standard InChI is InChI=1S/C14H18N4O/c1-9-6-13(18(3)8-14(19)16-2)11-7-10(15)4-5-12(11)17-9/h4-7H,8,15H2,1-3H3,(H,16,19). The second kappa shape index (κ2) is 5.14. The summed E-state index contributed by atoms with van der Waals surface area (Å²) >= 11 is 0. The Hall–Kier alpha value is -2.30. The summed E-state index contributed by atoms with van der Waals surface area (Å²) in [5.41, 5.74) is 9.27. The highest BCUT2D eigenvalue weighted by Gasteiger charge is 2.11. The topological polar surface area (TPSA) is 71.2 Å². The average molecular weight is 258 g/mol. The van der Waals surface area contributed by atoms with Crippen molar-refractivity contribution in [3.8, 4) is 0 Å². The van der Waals surface area contributed by atoms with Gasteiger partial charge < -0.3 is 16.0 Å². The van der Waals surface area contributed by atoms with Gasteiger partial charge in [0.1, 0.15) is 0 Å². The molecule has 0 aliphatic heterocycles. The highest BCUT2D eigenvalue weighted by atomic mass is 16.1. The maximum atomic E-state index is 11.5. The molecule has 0 fully saturated rings. The lowest BCUT2D eigenvalue weighted by atomic mass is 10.1. The van der Waals surface area contributed by atoms with Gasteiger partial charge in [0.05, 0.1) is 12.1 Å². The molecule has 100 valence electrons. The van der Waals surface area contributed by atoms with Crippen LogP contribution in [-0.4, -0.2) is 31.5 Å². The number of pyridine rings is 1. The fourth-order valence-electron chi connectivity index (χ4n) is 2.05. The van der Waals surface area contributed by atoms with Gasteiger partial charge in [0.25, 0.3) is 0 Å². The van der Waals surface area contributed by atoms with Crippen LogP contribution in [0.3, 0.4) is 0 Å². The van der Waals surface area contributed by atoms with Crippen LogP contribution >= 0.6 is 0 Å². The molecular formula is C14H18N4O. The van der Waals surface area contributed by atoms with Gasteiger partial charge in [0, 0.05) is 36.6 Å². The summed E-state index contributed by atoms with van der Waals surface area (Å²) in [6.07, 6.45) is 0. The number of benzene rings is 1. The largest absolute Gasteiger partial charge is 0.399 e. The van der Waals surface area contributed by atoms with Gasteiger partial charge in [-0.1, -0.05) is 0 Å². The normalized spacial score (nSPS) is 10.5. The monoisotopic (exact) mass is 258 g/mol. The van der Waals surface area contributed by atoms with Crippen LogP contribution in [0.1, 0.15) is 5.69 Å². The van der Waals surface area contributed by atoms with E-state index >= 15 is 0 Å². The molecule has 0 saturated heterocycles. The zero-order chi connectivity index (χ0) is 14.0. The van der Waals surface area contributed by atoms with Crippen molar-refractivity contribution in [2.45, 2.75) is 6.92 Å². The first kappa shape index (κ1) is 13.1. The van der Waals surface area contributed by atoms with Gasteiger partial charge in [-0.15, -0.1) is 0 Å². The molecule has 0 bridgehead atoms. The van der Waals surface area contributed by atoms with Crippen molar-refractivity contribution in [1.82, 2.24) is 10.3 Å². The Morgan fingerprint density at radius 1 is 1.42 bits per heavy atom. The SMILES string of the molecule is CNC(=O)CN(C)c1cc(C)nc2ccc(N)cc12. The maximum Gasteiger partial charge on any atom is 0.239 e. The van der Waals surface area contributed by atoms with Crippen LogP contribution in [0.4, 0.5) is 11.4 Å². The Morgan fingerprint density at radius 3 is 2.84 bits per heavy atom. The minimum absolute atomic E-state index is 0.0333. The van der Waals surface area contributed by atoms with Crippen LogP contribution in [-0.2, 0) is 4.79 Å². The summed E-state index contributed by atoms with van der Waals surface area (Å²) in [5.74, 6) is -0.0333. The van der Waals surface area contributed by atoms with E-state index in [4.69, 9.17) is 5.73 Å². The molecule has 0 aliphatic rings. The third-order valence-corrected chi connectivity index (χ3v) is 3.01. The summed E-state index contributed by atoms with van der Waals surface area (Å²) < 4.78 is 0. The van der Waals surface area contributed by atoms with Crippen molar-refractivity contribution in [3.05, 3.63) is 30.0 Å². The van der Waals surface area contributed by atoms with Gasteiger partial charge in [-0.3, -0.25) is 9.78 Å². The number of fused-ring (bicyclic) bond motifs is 1. The number of aryl methyl sites for hydroxylation is 1. The number of aromatic nitrogens is 1. The molecule has 0 atom stereocenters. The van der Waals surface area contributed by atoms with Crippen molar-refractivity contribution in [3.63, 3.8) is 0 Å². The highest BCUT2D eigenvalue weighted by Crippen LogP contribution is 2.27. The van der Waals surface area contributed by atoms with Gasteiger partial charge in [0.15, 0.2) is 0 Å². The van der Waals surface area contributed by atoms with Gasteiger partial charge in [0.2, 0.25) is 5.91 Å². The second-order valence-electron chi connectivity index (χ2n) is 4.59. The number of hydrogen-bond donors (Lipinski definition) is 2. The molecule has 0 unspecified atom stereocenters. The number of hydrogen-bond acceptors (Lipinski definition) is 4. The van der Waals surface area contributed by atoms with Gasteiger partial charge in [-0.2, -0.15) is 0 Å². The molecule has 0 radical (unpaired) electrons. The number of nitrogens with two attached hydrogens (primary N) is 1. The van der Waals surface area contributed by atoms with E-state index in [1.165, 1.54) is 0 Å². The summed E-state index contributed by atoms with van der Waals surface area (Å²) in [6.45, 7) is 2.23. The van der Waals surface area contributed by atoms with Crippen molar-refractivity contribution in [1.29, 1.82) is 0 Å². The Bertz CT molecular complexity index is 624. The number of nitrogen functional groups attached to an aromatic ring is 1. The summed E-state index contributed by atoms with van der Waals surface area (Å²) in [7, 11) is 3.51. The first-order valence-electron chi connectivity index (χ1n) is 6.10. The molecule has 2 aromatic rings. The Kier molecular flexibility index (Phi) is 3.55. The van der Waals surface area contributed by atoms with E-state index in [2.05, 4.69) is 10.3 Å². The van der Waals surface area contributed by atoms with Crippen LogP contribution in [0.15, 0.2) is 24.3 Å². The number of nitrogens with one attached hydrogen (secondary N) is 1. The minimum Gasteiger partial charge on any atom is -0.399 e. The van der Waals surface area contributed by atoms with Crippen molar-refractivity contribution in [2.24, 2.45) is 0 Å². The van der Waals surface area contributed by atoms with Crippen LogP contribution in [0, 0.1) is 6.92 Å². The number of amides is 1. The first-order valence-corrected chi connectivity index (χ1v) is 6.10. The van der Waals surface area contributed by atoms with Crippen LogP contribution < -0.4 is 16.0 Å². The molecule has 0 saturated carbocycles. The second-order valence-corrected chi connectivity index (χ2v) is 4.59. The fourth-order valence-corrected chi connectivity index (χ4v) is 2.05. The summed E-state index contributed by atoms with van der Waals surface area (Å²) in [6, 6.07) is 7.58. The van der Waals surface area contributed by atoms with E-state index in [9.17, 15) is 4.79 Å². The molecule has 1 heterocycles. The zero-order valence-corrected chi connectivity index (χ0v) is 11.4. The molecule has 3 N–H and O–H groups in total. The molecule has 5 nitrogen and oxygen atoms in total. The van der Waals surface area contributed by atoms with E-state index in [0.29, 0.717) is 12.2 Å². The first-order chi connectivity index (χ1) is 9.01. The highest BCUT2D eigenvalue weighted by molar-refractivity contribution is 5.95. The third-order valence-electron chi connectivity index (χ3n) is 3.01. The number of nitrogens with zero attached hydrogens (tertiary/aromatic N) is 2. The van der Waals surface area contributed by atoms with Crippen molar-refractivity contribution >= 4 is 28.2 Å². The molecule has 19 heavy (non-hydrogen) atoms. The predicted molar refractivity (Wildman–Crippen MR) is 78.2 cm³/mol. The third kappa shape index (κ3) is 2.76. The predicted octanol–water partition coefficient (Wildman–Crippen LogP) is 1.31. The molecular weight excluding hydrogens is 240 g/mol. The smallest absolute Gasteiger partial charge is 0.239 e.